The minimum absolute atomic E-state index is 0.0625. The highest BCUT2D eigenvalue weighted by molar-refractivity contribution is 7.89. The Hall–Kier alpha value is -2.93. The molecule has 12 heteroatoms. The maximum Gasteiger partial charge on any atom is 0.416 e. The van der Waals surface area contributed by atoms with Crippen LogP contribution in [0.25, 0.3) is 11.3 Å². The van der Waals surface area contributed by atoms with Crippen molar-refractivity contribution in [3.63, 3.8) is 0 Å². The number of ether oxygens (including phenoxy) is 2. The van der Waals surface area contributed by atoms with Crippen molar-refractivity contribution >= 4 is 15.7 Å². The van der Waals surface area contributed by atoms with E-state index in [9.17, 15) is 21.6 Å². The monoisotopic (exact) mass is 512 g/mol. The minimum atomic E-state index is -4.40. The highest BCUT2D eigenvalue weighted by Gasteiger charge is 2.29. The summed E-state index contributed by atoms with van der Waals surface area (Å²) in [5.74, 6) is 0. The van der Waals surface area contributed by atoms with Crippen molar-refractivity contribution < 1.29 is 31.1 Å². The highest BCUT2D eigenvalue weighted by atomic mass is 32.2. The molecule has 190 valence electrons. The fourth-order valence-electron chi connectivity index (χ4n) is 3.22. The molecule has 0 aliphatic carbocycles. The third-order valence-corrected chi connectivity index (χ3v) is 6.58. The first-order valence-corrected chi connectivity index (χ1v) is 12.2. The number of hydrogen-bond acceptors (Lipinski definition) is 6. The summed E-state index contributed by atoms with van der Waals surface area (Å²) >= 11 is 0. The maximum atomic E-state index is 12.8. The molecular weight excluding hydrogens is 485 g/mol. The Labute approximate surface area is 202 Å². The molecular formula is C23H27F3N4O4S. The van der Waals surface area contributed by atoms with Crippen molar-refractivity contribution in [2.24, 2.45) is 0 Å². The smallest absolute Gasteiger partial charge is 0.382 e. The number of anilines is 1. The van der Waals surface area contributed by atoms with Gasteiger partial charge in [-0.25, -0.2) is 18.1 Å². The Morgan fingerprint density at radius 3 is 2.46 bits per heavy atom. The van der Waals surface area contributed by atoms with Crippen LogP contribution in [0.4, 0.5) is 18.9 Å². The van der Waals surface area contributed by atoms with E-state index < -0.39 is 21.8 Å². The molecule has 2 N–H and O–H groups in total. The predicted molar refractivity (Wildman–Crippen MR) is 125 cm³/mol. The first-order chi connectivity index (χ1) is 16.6. The van der Waals surface area contributed by atoms with Crippen LogP contribution in [0.3, 0.4) is 0 Å². The summed E-state index contributed by atoms with van der Waals surface area (Å²) in [4.78, 5) is 4.47. The molecule has 0 saturated heterocycles. The maximum absolute atomic E-state index is 12.8. The van der Waals surface area contributed by atoms with Gasteiger partial charge in [-0.05, 0) is 42.9 Å². The molecule has 0 amide bonds. The van der Waals surface area contributed by atoms with Gasteiger partial charge in [0, 0.05) is 37.6 Å². The predicted octanol–water partition coefficient (Wildman–Crippen LogP) is 3.75. The quantitative estimate of drug-likeness (QED) is 0.359. The topological polar surface area (TPSA) is 94.5 Å². The molecule has 1 aromatic heterocycles. The summed E-state index contributed by atoms with van der Waals surface area (Å²) in [5, 5.41) is 3.17. The lowest BCUT2D eigenvalue weighted by molar-refractivity contribution is -0.137. The lowest BCUT2D eigenvalue weighted by atomic mass is 10.1. The van der Waals surface area contributed by atoms with Gasteiger partial charge < -0.3 is 19.4 Å². The second kappa shape index (κ2) is 11.7. The average Bonchev–Trinajstić information content (AvgIpc) is 3.31. The van der Waals surface area contributed by atoms with E-state index in [1.807, 2.05) is 4.57 Å². The van der Waals surface area contributed by atoms with Crippen molar-refractivity contribution in [1.29, 1.82) is 0 Å². The van der Waals surface area contributed by atoms with Crippen LogP contribution in [0.1, 0.15) is 11.1 Å². The number of hydrogen-bond donors (Lipinski definition) is 2. The van der Waals surface area contributed by atoms with Gasteiger partial charge in [-0.15, -0.1) is 0 Å². The Bertz CT molecular complexity index is 1210. The molecule has 0 atom stereocenters. The zero-order valence-corrected chi connectivity index (χ0v) is 20.1. The SMILES string of the molecule is CNS(=O)(=O)c1ccc(NCc2ccc(C(F)(F)F)cc2)c(-c2cn(CCOCCOC)cn2)c1. The summed E-state index contributed by atoms with van der Waals surface area (Å²) in [6.45, 7) is 2.19. The number of sulfonamides is 1. The minimum Gasteiger partial charge on any atom is -0.382 e. The van der Waals surface area contributed by atoms with Gasteiger partial charge >= 0.3 is 6.18 Å². The summed E-state index contributed by atoms with van der Waals surface area (Å²) in [6.07, 6.45) is -1.01. The third-order valence-electron chi connectivity index (χ3n) is 5.17. The lowest BCUT2D eigenvalue weighted by Gasteiger charge is -2.14. The molecule has 0 aliphatic rings. The van der Waals surface area contributed by atoms with E-state index >= 15 is 0 Å². The standard InChI is InChI=1S/C23H27F3N4O4S/c1-27-35(31,32)19-7-8-21(28-14-17-3-5-18(6-4-17)23(24,25)26)20(13-19)22-15-30(16-29-22)9-10-34-12-11-33-2/h3-8,13,15-16,27-28H,9-12,14H2,1-2H3. The van der Waals surface area contributed by atoms with E-state index in [1.165, 1.54) is 31.3 Å². The third kappa shape index (κ3) is 7.28. The summed E-state index contributed by atoms with van der Waals surface area (Å²) < 4.78 is 77.7. The first-order valence-electron chi connectivity index (χ1n) is 10.7. The second-order valence-corrected chi connectivity index (χ2v) is 9.45. The number of methoxy groups -OCH3 is 1. The molecule has 0 bridgehead atoms. The van der Waals surface area contributed by atoms with Gasteiger partial charge in [0.2, 0.25) is 10.0 Å². The van der Waals surface area contributed by atoms with Crippen LogP contribution >= 0.6 is 0 Å². The van der Waals surface area contributed by atoms with Crippen LogP contribution < -0.4 is 10.0 Å². The molecule has 35 heavy (non-hydrogen) atoms. The van der Waals surface area contributed by atoms with Crippen molar-refractivity contribution in [2.75, 3.05) is 39.3 Å². The molecule has 0 aliphatic heterocycles. The van der Waals surface area contributed by atoms with E-state index in [4.69, 9.17) is 9.47 Å². The second-order valence-electron chi connectivity index (χ2n) is 7.57. The van der Waals surface area contributed by atoms with Gasteiger partial charge in [0.15, 0.2) is 0 Å². The van der Waals surface area contributed by atoms with Crippen LogP contribution in [0.5, 0.6) is 0 Å². The largest absolute Gasteiger partial charge is 0.416 e. The molecule has 8 nitrogen and oxygen atoms in total. The van der Waals surface area contributed by atoms with Gasteiger partial charge in [0.25, 0.3) is 0 Å². The van der Waals surface area contributed by atoms with Crippen molar-refractivity contribution in [3.05, 3.63) is 66.1 Å². The van der Waals surface area contributed by atoms with Gasteiger partial charge in [-0.1, -0.05) is 12.1 Å². The number of nitrogens with one attached hydrogen (secondary N) is 2. The Kier molecular flexibility index (Phi) is 8.89. The van der Waals surface area contributed by atoms with Crippen LogP contribution in [0.2, 0.25) is 0 Å². The summed E-state index contributed by atoms with van der Waals surface area (Å²) in [7, 11) is -0.781. The van der Waals surface area contributed by atoms with E-state index in [1.54, 1.807) is 25.7 Å². The average molecular weight is 513 g/mol. The van der Waals surface area contributed by atoms with E-state index in [0.717, 1.165) is 12.1 Å². The van der Waals surface area contributed by atoms with Crippen molar-refractivity contribution in [1.82, 2.24) is 14.3 Å². The van der Waals surface area contributed by atoms with Crippen LogP contribution in [0, 0.1) is 0 Å². The van der Waals surface area contributed by atoms with Crippen LogP contribution in [0.15, 0.2) is 59.9 Å². The van der Waals surface area contributed by atoms with Crippen molar-refractivity contribution in [3.8, 4) is 11.3 Å². The van der Waals surface area contributed by atoms with E-state index in [2.05, 4.69) is 15.0 Å². The lowest BCUT2D eigenvalue weighted by Crippen LogP contribution is -2.18. The van der Waals surface area contributed by atoms with E-state index in [-0.39, 0.29) is 11.4 Å². The van der Waals surface area contributed by atoms with Gasteiger partial charge in [0.05, 0.1) is 42.3 Å². The highest BCUT2D eigenvalue weighted by Crippen LogP contribution is 2.31. The summed E-state index contributed by atoms with van der Waals surface area (Å²) in [6, 6.07) is 9.40. The van der Waals surface area contributed by atoms with Gasteiger partial charge in [-0.2, -0.15) is 13.2 Å². The Morgan fingerprint density at radius 2 is 1.80 bits per heavy atom. The number of nitrogens with zero attached hydrogens (tertiary/aromatic N) is 2. The van der Waals surface area contributed by atoms with Crippen molar-refractivity contribution in [2.45, 2.75) is 24.2 Å². The van der Waals surface area contributed by atoms with Gasteiger partial charge in [-0.3, -0.25) is 0 Å². The number of benzene rings is 2. The molecule has 0 fully saturated rings. The molecule has 3 aromatic rings. The molecule has 0 saturated carbocycles. The molecule has 1 heterocycles. The molecule has 0 radical (unpaired) electrons. The molecule has 2 aromatic carbocycles. The number of aromatic nitrogens is 2. The first kappa shape index (κ1) is 26.7. The number of imidazole rings is 1. The Balaban J connectivity index is 1.82. The molecule has 0 spiro atoms. The fraction of sp³-hybridized carbons (Fsp3) is 0.348. The fourth-order valence-corrected chi connectivity index (χ4v) is 3.97. The summed E-state index contributed by atoms with van der Waals surface area (Å²) in [5.41, 5.74) is 1.56. The molecule has 3 rings (SSSR count). The normalized spacial score (nSPS) is 12.1. The van der Waals surface area contributed by atoms with Crippen LogP contribution in [-0.2, 0) is 38.8 Å². The number of halogens is 3. The molecule has 0 unspecified atom stereocenters. The van der Waals surface area contributed by atoms with Crippen LogP contribution in [-0.4, -0.2) is 51.9 Å². The van der Waals surface area contributed by atoms with E-state index in [0.29, 0.717) is 48.9 Å². The van der Waals surface area contributed by atoms with Gasteiger partial charge in [0.1, 0.15) is 0 Å². The zero-order chi connectivity index (χ0) is 25.5. The zero-order valence-electron chi connectivity index (χ0n) is 19.3. The number of rotatable bonds is 12. The Morgan fingerprint density at radius 1 is 1.06 bits per heavy atom. The number of alkyl halides is 3.